The van der Waals surface area contributed by atoms with Crippen LogP contribution in [0.5, 0.6) is 0 Å². The second-order valence-corrected chi connectivity index (χ2v) is 4.79. The van der Waals surface area contributed by atoms with Gasteiger partial charge in [0.25, 0.3) is 0 Å². The standard InChI is InChI=1S/C14H20N2O2/c17-10-13(8-11-4-2-1-3-5-11)15-9-14(18)16-12-6-7-12/h1-5,12-13,15,17H,6-10H2,(H,16,18). The SMILES string of the molecule is O=C(CNC(CO)Cc1ccccc1)NC1CC1. The van der Waals surface area contributed by atoms with Crippen LogP contribution in [-0.4, -0.2) is 36.2 Å². The van der Waals surface area contributed by atoms with E-state index in [2.05, 4.69) is 10.6 Å². The van der Waals surface area contributed by atoms with Crippen LogP contribution in [0.2, 0.25) is 0 Å². The molecule has 3 N–H and O–H groups in total. The van der Waals surface area contributed by atoms with Gasteiger partial charge in [0.15, 0.2) is 0 Å². The zero-order chi connectivity index (χ0) is 12.8. The molecule has 1 aromatic rings. The first-order chi connectivity index (χ1) is 8.78. The number of aliphatic hydroxyl groups excluding tert-OH is 1. The van der Waals surface area contributed by atoms with Gasteiger partial charge in [-0.3, -0.25) is 4.79 Å². The minimum absolute atomic E-state index is 0.0176. The summed E-state index contributed by atoms with van der Waals surface area (Å²) in [6.07, 6.45) is 2.92. The van der Waals surface area contributed by atoms with E-state index in [4.69, 9.17) is 0 Å². The van der Waals surface area contributed by atoms with Crippen molar-refractivity contribution in [3.05, 3.63) is 35.9 Å². The summed E-state index contributed by atoms with van der Waals surface area (Å²) in [5.74, 6) is 0.0176. The summed E-state index contributed by atoms with van der Waals surface area (Å²) in [5.41, 5.74) is 1.16. The van der Waals surface area contributed by atoms with Crippen molar-refractivity contribution < 1.29 is 9.90 Å². The van der Waals surface area contributed by atoms with Gasteiger partial charge < -0.3 is 15.7 Å². The van der Waals surface area contributed by atoms with Crippen molar-refractivity contribution in [2.45, 2.75) is 31.3 Å². The summed E-state index contributed by atoms with van der Waals surface area (Å²) in [6.45, 7) is 0.306. The predicted octanol–water partition coefficient (Wildman–Crippen LogP) is 0.458. The van der Waals surface area contributed by atoms with Crippen LogP contribution in [0.1, 0.15) is 18.4 Å². The third kappa shape index (κ3) is 4.47. The van der Waals surface area contributed by atoms with Gasteiger partial charge in [-0.05, 0) is 24.8 Å². The number of hydrogen-bond acceptors (Lipinski definition) is 3. The summed E-state index contributed by atoms with van der Waals surface area (Å²) in [5, 5.41) is 15.3. The number of benzene rings is 1. The Bertz CT molecular complexity index is 377. The average molecular weight is 248 g/mol. The topological polar surface area (TPSA) is 61.4 Å². The minimum atomic E-state index is -0.0719. The molecule has 1 aromatic carbocycles. The fourth-order valence-electron chi connectivity index (χ4n) is 1.84. The van der Waals surface area contributed by atoms with E-state index in [-0.39, 0.29) is 25.1 Å². The number of aliphatic hydroxyl groups is 1. The van der Waals surface area contributed by atoms with Crippen molar-refractivity contribution in [3.8, 4) is 0 Å². The number of nitrogens with one attached hydrogen (secondary N) is 2. The van der Waals surface area contributed by atoms with Crippen LogP contribution in [0, 0.1) is 0 Å². The van der Waals surface area contributed by atoms with Gasteiger partial charge in [0.2, 0.25) is 5.91 Å². The molecule has 18 heavy (non-hydrogen) atoms. The number of carbonyl (C=O) groups is 1. The number of rotatable bonds is 7. The Balaban J connectivity index is 1.72. The van der Waals surface area contributed by atoms with E-state index in [1.807, 2.05) is 30.3 Å². The first kappa shape index (κ1) is 13.1. The van der Waals surface area contributed by atoms with E-state index in [0.29, 0.717) is 6.04 Å². The zero-order valence-corrected chi connectivity index (χ0v) is 10.4. The highest BCUT2D eigenvalue weighted by atomic mass is 16.3. The van der Waals surface area contributed by atoms with E-state index in [0.717, 1.165) is 24.8 Å². The highest BCUT2D eigenvalue weighted by molar-refractivity contribution is 5.78. The van der Waals surface area contributed by atoms with Crippen LogP contribution in [0.4, 0.5) is 0 Å². The molecule has 1 fully saturated rings. The Labute approximate surface area is 107 Å². The summed E-state index contributed by atoms with van der Waals surface area (Å²) >= 11 is 0. The van der Waals surface area contributed by atoms with Gasteiger partial charge in [-0.2, -0.15) is 0 Å². The molecule has 1 aliphatic rings. The van der Waals surface area contributed by atoms with E-state index >= 15 is 0 Å². The minimum Gasteiger partial charge on any atom is -0.395 e. The average Bonchev–Trinajstić information content (AvgIpc) is 3.19. The molecule has 0 aliphatic heterocycles. The molecule has 0 aromatic heterocycles. The van der Waals surface area contributed by atoms with E-state index in [1.54, 1.807) is 0 Å². The van der Waals surface area contributed by atoms with Crippen LogP contribution in [-0.2, 0) is 11.2 Å². The monoisotopic (exact) mass is 248 g/mol. The third-order valence-corrected chi connectivity index (χ3v) is 3.04. The summed E-state index contributed by atoms with van der Waals surface area (Å²) in [7, 11) is 0. The van der Waals surface area contributed by atoms with Gasteiger partial charge in [-0.25, -0.2) is 0 Å². The van der Waals surface area contributed by atoms with Crippen molar-refractivity contribution >= 4 is 5.91 Å². The molecule has 1 amide bonds. The molecule has 4 heteroatoms. The molecule has 1 aliphatic carbocycles. The van der Waals surface area contributed by atoms with Crippen LogP contribution in [0.15, 0.2) is 30.3 Å². The van der Waals surface area contributed by atoms with Crippen LogP contribution in [0.3, 0.4) is 0 Å². The Kier molecular flexibility index (Phi) is 4.73. The van der Waals surface area contributed by atoms with Crippen molar-refractivity contribution in [1.29, 1.82) is 0 Å². The van der Waals surface area contributed by atoms with Crippen molar-refractivity contribution in [2.75, 3.05) is 13.2 Å². The Morgan fingerprint density at radius 1 is 1.33 bits per heavy atom. The highest BCUT2D eigenvalue weighted by Crippen LogP contribution is 2.18. The zero-order valence-electron chi connectivity index (χ0n) is 10.4. The molecule has 0 radical (unpaired) electrons. The van der Waals surface area contributed by atoms with Crippen molar-refractivity contribution in [2.24, 2.45) is 0 Å². The van der Waals surface area contributed by atoms with Crippen LogP contribution < -0.4 is 10.6 Å². The Hall–Kier alpha value is -1.39. The largest absolute Gasteiger partial charge is 0.395 e. The lowest BCUT2D eigenvalue weighted by atomic mass is 10.1. The Morgan fingerprint density at radius 2 is 2.06 bits per heavy atom. The fraction of sp³-hybridized carbons (Fsp3) is 0.500. The molecular weight excluding hydrogens is 228 g/mol. The van der Waals surface area contributed by atoms with E-state index in [9.17, 15) is 9.90 Å². The lowest BCUT2D eigenvalue weighted by Crippen LogP contribution is -2.42. The van der Waals surface area contributed by atoms with Gasteiger partial charge in [0.1, 0.15) is 0 Å². The first-order valence-electron chi connectivity index (χ1n) is 6.45. The van der Waals surface area contributed by atoms with Gasteiger partial charge in [-0.1, -0.05) is 30.3 Å². The summed E-state index contributed by atoms with van der Waals surface area (Å²) in [6, 6.07) is 10.3. The first-order valence-corrected chi connectivity index (χ1v) is 6.45. The number of amides is 1. The van der Waals surface area contributed by atoms with Crippen LogP contribution >= 0.6 is 0 Å². The maximum atomic E-state index is 11.5. The van der Waals surface area contributed by atoms with E-state index < -0.39 is 0 Å². The maximum absolute atomic E-state index is 11.5. The highest BCUT2D eigenvalue weighted by Gasteiger charge is 2.23. The smallest absolute Gasteiger partial charge is 0.234 e. The molecule has 2 rings (SSSR count). The van der Waals surface area contributed by atoms with Gasteiger partial charge >= 0.3 is 0 Å². The fourth-order valence-corrected chi connectivity index (χ4v) is 1.84. The molecule has 0 saturated heterocycles. The predicted molar refractivity (Wildman–Crippen MR) is 70.2 cm³/mol. The third-order valence-electron chi connectivity index (χ3n) is 3.04. The van der Waals surface area contributed by atoms with Crippen LogP contribution in [0.25, 0.3) is 0 Å². The second kappa shape index (κ2) is 6.52. The van der Waals surface area contributed by atoms with Gasteiger partial charge in [0, 0.05) is 12.1 Å². The lowest BCUT2D eigenvalue weighted by molar-refractivity contribution is -0.120. The molecule has 1 unspecified atom stereocenters. The number of hydrogen-bond donors (Lipinski definition) is 3. The number of carbonyl (C=O) groups excluding carboxylic acids is 1. The van der Waals surface area contributed by atoms with Gasteiger partial charge in [-0.15, -0.1) is 0 Å². The molecule has 0 heterocycles. The Morgan fingerprint density at radius 3 is 2.67 bits per heavy atom. The van der Waals surface area contributed by atoms with Crippen molar-refractivity contribution in [1.82, 2.24) is 10.6 Å². The summed E-state index contributed by atoms with van der Waals surface area (Å²) < 4.78 is 0. The van der Waals surface area contributed by atoms with E-state index in [1.165, 1.54) is 0 Å². The normalized spacial score (nSPS) is 16.3. The molecule has 0 bridgehead atoms. The maximum Gasteiger partial charge on any atom is 0.234 e. The van der Waals surface area contributed by atoms with Gasteiger partial charge in [0.05, 0.1) is 13.2 Å². The molecule has 0 spiro atoms. The quantitative estimate of drug-likeness (QED) is 0.657. The second-order valence-electron chi connectivity index (χ2n) is 4.79. The summed E-state index contributed by atoms with van der Waals surface area (Å²) in [4.78, 5) is 11.5. The molecule has 1 saturated carbocycles. The molecule has 1 atom stereocenters. The molecule has 98 valence electrons. The lowest BCUT2D eigenvalue weighted by Gasteiger charge is -2.16. The van der Waals surface area contributed by atoms with Crippen molar-refractivity contribution in [3.63, 3.8) is 0 Å². The molecule has 4 nitrogen and oxygen atoms in total. The molecular formula is C14H20N2O2.